The molecule has 2 aromatic heterocycles. The molecule has 2 bridgehead atoms. The van der Waals surface area contributed by atoms with Crippen LogP contribution in [0.2, 0.25) is 0 Å². The Hall–Kier alpha value is -4.30. The summed E-state index contributed by atoms with van der Waals surface area (Å²) in [6.45, 7) is 0. The molecule has 4 aliphatic rings. The Labute approximate surface area is 291 Å². The molecule has 20 heteroatoms. The number of nitrogens with zero attached hydrogens (tertiary/aromatic N) is 3. The number of aromatic nitrogens is 3. The zero-order valence-electron chi connectivity index (χ0n) is 26.0. The normalized spacial score (nSPS) is 21.0. The molecule has 4 fully saturated rings. The van der Waals surface area contributed by atoms with E-state index >= 15 is 4.39 Å². The SMILES string of the molecule is O=C(O)C(F)(F)F.O=S1(=O)CCC(Nc2nccc(-c3sc(C45CC(C4)C5)nc3-c3cccc(NS(=O)(=O)c4c(F)cccc4F)c3F)n2)CC1. The monoisotopic (exact) mass is 775 g/mol. The second-order valence-electron chi connectivity index (χ2n) is 12.4. The molecule has 8 rings (SSSR count). The van der Waals surface area contributed by atoms with Gasteiger partial charge in [0.2, 0.25) is 5.95 Å². The summed E-state index contributed by atoms with van der Waals surface area (Å²) in [5.41, 5.74) is 0.165. The number of benzene rings is 2. The Balaban J connectivity index is 0.000000582. The molecule has 3 N–H and O–H groups in total. The lowest BCUT2D eigenvalue weighted by atomic mass is 9.45. The number of nitrogens with one attached hydrogen (secondary N) is 2. The largest absolute Gasteiger partial charge is 0.490 e. The van der Waals surface area contributed by atoms with E-state index in [0.29, 0.717) is 35.3 Å². The highest BCUT2D eigenvalue weighted by Crippen LogP contribution is 2.66. The van der Waals surface area contributed by atoms with Crippen molar-refractivity contribution < 1.29 is 53.1 Å². The van der Waals surface area contributed by atoms with Gasteiger partial charge < -0.3 is 10.4 Å². The van der Waals surface area contributed by atoms with Crippen molar-refractivity contribution >= 4 is 48.8 Å². The highest BCUT2D eigenvalue weighted by Gasteiger charge is 2.59. The van der Waals surface area contributed by atoms with Crippen molar-refractivity contribution in [2.45, 2.75) is 54.6 Å². The molecule has 0 unspecified atom stereocenters. The lowest BCUT2D eigenvalue weighted by molar-refractivity contribution is -0.192. The van der Waals surface area contributed by atoms with Crippen LogP contribution in [0.5, 0.6) is 0 Å². The maximum Gasteiger partial charge on any atom is 0.490 e. The predicted molar refractivity (Wildman–Crippen MR) is 174 cm³/mol. The summed E-state index contributed by atoms with van der Waals surface area (Å²) in [6, 6.07) is 8.26. The molecule has 1 aliphatic heterocycles. The number of thiazole rings is 1. The summed E-state index contributed by atoms with van der Waals surface area (Å²) in [7, 11) is -7.86. The van der Waals surface area contributed by atoms with Gasteiger partial charge in [-0.1, -0.05) is 12.1 Å². The van der Waals surface area contributed by atoms with E-state index in [2.05, 4.69) is 15.3 Å². The molecule has 4 aromatic rings. The quantitative estimate of drug-likeness (QED) is 0.176. The average molecular weight is 776 g/mol. The minimum absolute atomic E-state index is 0.00564. The van der Waals surface area contributed by atoms with Crippen LogP contribution in [-0.2, 0) is 30.1 Å². The summed E-state index contributed by atoms with van der Waals surface area (Å²) in [5.74, 6) is -5.20. The highest BCUT2D eigenvalue weighted by molar-refractivity contribution is 7.92. The number of anilines is 2. The highest BCUT2D eigenvalue weighted by atomic mass is 32.2. The van der Waals surface area contributed by atoms with Crippen molar-refractivity contribution in [2.24, 2.45) is 5.92 Å². The lowest BCUT2D eigenvalue weighted by Crippen LogP contribution is -2.55. The van der Waals surface area contributed by atoms with E-state index < -0.39 is 60.0 Å². The molecule has 11 nitrogen and oxygen atoms in total. The Bertz CT molecular complexity index is 2180. The third-order valence-electron chi connectivity index (χ3n) is 8.82. The fourth-order valence-electron chi connectivity index (χ4n) is 6.14. The van der Waals surface area contributed by atoms with Crippen LogP contribution in [0.25, 0.3) is 21.8 Å². The maximum absolute atomic E-state index is 16.1. The Morgan fingerprint density at radius 2 is 1.57 bits per heavy atom. The Kier molecular flexibility index (Phi) is 9.55. The van der Waals surface area contributed by atoms with Gasteiger partial charge in [-0.15, -0.1) is 11.3 Å². The smallest absolute Gasteiger partial charge is 0.475 e. The number of halogens is 6. The van der Waals surface area contributed by atoms with Crippen LogP contribution >= 0.6 is 11.3 Å². The number of hydrogen-bond acceptors (Lipinski definition) is 10. The van der Waals surface area contributed by atoms with Crippen LogP contribution in [0.1, 0.15) is 37.1 Å². The number of carbonyl (C=O) groups is 1. The molecule has 0 atom stereocenters. The summed E-state index contributed by atoms with van der Waals surface area (Å²) >= 11 is 1.40. The summed E-state index contributed by atoms with van der Waals surface area (Å²) < 4.78 is 128. The number of carboxylic acid groups (broad SMARTS) is 1. The summed E-state index contributed by atoms with van der Waals surface area (Å²) in [4.78, 5) is 22.1. The van der Waals surface area contributed by atoms with Crippen LogP contribution in [0.15, 0.2) is 53.6 Å². The first-order chi connectivity index (χ1) is 23.9. The van der Waals surface area contributed by atoms with E-state index in [-0.39, 0.29) is 34.2 Å². The first kappa shape index (κ1) is 36.5. The standard InChI is InChI=1S/C29H26F3N5O4S3.C2HF3O2/c30-19-4-2-5-20(31)26(19)44(40,41)37-21-6-1-3-18(23(21)32)24-25(42-27(36-24)29-13-16(14-29)15-29)22-7-10-33-28(35-22)34-17-8-11-43(38,39)12-9-17;3-2(4,5)1(6)7/h1-7,10,16-17,37H,8-9,11-15H2,(H,33,34,35);(H,6,7). The van der Waals surface area contributed by atoms with E-state index in [4.69, 9.17) is 14.9 Å². The molecular weight excluding hydrogens is 749 g/mol. The van der Waals surface area contributed by atoms with Gasteiger partial charge in [-0.25, -0.2) is 49.8 Å². The molecule has 3 saturated carbocycles. The zero-order chi connectivity index (χ0) is 36.9. The molecular formula is C31H27F6N5O6S3. The number of sulfonamides is 1. The van der Waals surface area contributed by atoms with Gasteiger partial charge in [0.05, 0.1) is 33.5 Å². The topological polar surface area (TPSA) is 168 Å². The third kappa shape index (κ3) is 7.52. The molecule has 272 valence electrons. The van der Waals surface area contributed by atoms with Crippen molar-refractivity contribution in [3.8, 4) is 21.8 Å². The number of hydrogen-bond donors (Lipinski definition) is 3. The van der Waals surface area contributed by atoms with Gasteiger partial charge in [-0.2, -0.15) is 13.2 Å². The number of carboxylic acids is 1. The van der Waals surface area contributed by atoms with E-state index in [0.717, 1.165) is 42.5 Å². The third-order valence-corrected chi connectivity index (χ3v) is 13.3. The minimum Gasteiger partial charge on any atom is -0.475 e. The van der Waals surface area contributed by atoms with Crippen LogP contribution in [-0.4, -0.2) is 66.6 Å². The van der Waals surface area contributed by atoms with Gasteiger partial charge in [0.25, 0.3) is 10.0 Å². The van der Waals surface area contributed by atoms with E-state index in [1.54, 1.807) is 12.3 Å². The van der Waals surface area contributed by atoms with E-state index in [1.807, 2.05) is 4.72 Å². The van der Waals surface area contributed by atoms with Gasteiger partial charge in [0.15, 0.2) is 10.7 Å². The lowest BCUT2D eigenvalue weighted by Gasteiger charge is -2.60. The number of aliphatic carboxylic acids is 1. The molecule has 0 spiro atoms. The zero-order valence-corrected chi connectivity index (χ0v) is 28.5. The van der Waals surface area contributed by atoms with Gasteiger partial charge in [-0.3, -0.25) is 4.72 Å². The van der Waals surface area contributed by atoms with Crippen molar-refractivity contribution in [3.05, 3.63) is 71.1 Å². The summed E-state index contributed by atoms with van der Waals surface area (Å²) in [5, 5.41) is 11.2. The fourth-order valence-corrected chi connectivity index (χ4v) is 10.1. The Morgan fingerprint density at radius 3 is 2.14 bits per heavy atom. The number of alkyl halides is 3. The Morgan fingerprint density at radius 1 is 0.961 bits per heavy atom. The van der Waals surface area contributed by atoms with Gasteiger partial charge in [0, 0.05) is 23.2 Å². The number of sulfone groups is 1. The molecule has 2 aromatic carbocycles. The number of rotatable bonds is 8. The molecule has 51 heavy (non-hydrogen) atoms. The summed E-state index contributed by atoms with van der Waals surface area (Å²) in [6.07, 6.45) is 0.323. The van der Waals surface area contributed by atoms with Crippen molar-refractivity contribution in [1.82, 2.24) is 15.0 Å². The second-order valence-corrected chi connectivity index (χ2v) is 17.3. The van der Waals surface area contributed by atoms with Crippen LogP contribution in [0.4, 0.5) is 38.0 Å². The molecule has 3 aliphatic carbocycles. The van der Waals surface area contributed by atoms with Crippen LogP contribution < -0.4 is 10.0 Å². The molecule has 3 heterocycles. The van der Waals surface area contributed by atoms with Crippen LogP contribution in [0.3, 0.4) is 0 Å². The van der Waals surface area contributed by atoms with Crippen molar-refractivity contribution in [1.29, 1.82) is 0 Å². The molecule has 1 saturated heterocycles. The first-order valence-electron chi connectivity index (χ1n) is 15.2. The molecule has 0 amide bonds. The average Bonchev–Trinajstić information content (AvgIpc) is 3.42. The van der Waals surface area contributed by atoms with Gasteiger partial charge >= 0.3 is 12.1 Å². The maximum atomic E-state index is 16.1. The second kappa shape index (κ2) is 13.4. The van der Waals surface area contributed by atoms with E-state index in [9.17, 15) is 38.8 Å². The van der Waals surface area contributed by atoms with Crippen molar-refractivity contribution in [2.75, 3.05) is 21.5 Å². The van der Waals surface area contributed by atoms with Crippen molar-refractivity contribution in [3.63, 3.8) is 0 Å². The van der Waals surface area contributed by atoms with E-state index in [1.165, 1.54) is 29.5 Å². The van der Waals surface area contributed by atoms with Gasteiger partial charge in [0.1, 0.15) is 26.5 Å². The fraction of sp³-hybridized carbons (Fsp3) is 0.355. The first-order valence-corrected chi connectivity index (χ1v) is 19.4. The van der Waals surface area contributed by atoms with Crippen LogP contribution in [0, 0.1) is 23.4 Å². The minimum atomic E-state index is -5.08. The van der Waals surface area contributed by atoms with Gasteiger partial charge in [-0.05, 0) is 68.4 Å². The molecule has 0 radical (unpaired) electrons. The predicted octanol–water partition coefficient (Wildman–Crippen LogP) is 6.16.